The molecule has 5 rings (SSSR count). The topological polar surface area (TPSA) is 110 Å². The highest BCUT2D eigenvalue weighted by atomic mass is 32.2. The average Bonchev–Trinajstić information content (AvgIpc) is 3.60. The molecule has 4 aromatic rings. The summed E-state index contributed by atoms with van der Waals surface area (Å²) in [6, 6.07) is 12.8. The van der Waals surface area contributed by atoms with Crippen molar-refractivity contribution in [2.75, 3.05) is 5.32 Å². The van der Waals surface area contributed by atoms with Gasteiger partial charge in [0, 0.05) is 27.9 Å². The SMILES string of the molecule is Cc1cc(CC(=O)Nc2cnn(C(C)(C)C)c2)ccc1Oc1ccnc2ccc(S(=N)(=O)C3CC3)cc12. The first-order chi connectivity index (χ1) is 17.5. The van der Waals surface area contributed by atoms with Crippen LogP contribution in [0.4, 0.5) is 5.69 Å². The number of ether oxygens (including phenoxy) is 1. The largest absolute Gasteiger partial charge is 0.456 e. The minimum atomic E-state index is -2.83. The van der Waals surface area contributed by atoms with Crippen molar-refractivity contribution < 1.29 is 13.7 Å². The molecular weight excluding hydrogens is 486 g/mol. The van der Waals surface area contributed by atoms with E-state index in [0.717, 1.165) is 29.4 Å². The maximum Gasteiger partial charge on any atom is 0.228 e. The summed E-state index contributed by atoms with van der Waals surface area (Å²) in [5.74, 6) is 1.12. The second-order valence-corrected chi connectivity index (χ2v) is 12.9. The fourth-order valence-electron chi connectivity index (χ4n) is 4.17. The van der Waals surface area contributed by atoms with Gasteiger partial charge < -0.3 is 10.1 Å². The van der Waals surface area contributed by atoms with E-state index in [1.165, 1.54) is 0 Å². The summed E-state index contributed by atoms with van der Waals surface area (Å²) in [7, 11) is -2.83. The molecule has 2 N–H and O–H groups in total. The summed E-state index contributed by atoms with van der Waals surface area (Å²) in [4.78, 5) is 17.5. The molecule has 1 aliphatic carbocycles. The van der Waals surface area contributed by atoms with E-state index >= 15 is 0 Å². The van der Waals surface area contributed by atoms with Gasteiger partial charge in [0.15, 0.2) is 0 Å². The molecule has 8 nitrogen and oxygen atoms in total. The molecule has 2 heterocycles. The molecular formula is C28H31N5O3S. The van der Waals surface area contributed by atoms with Crippen molar-refractivity contribution in [1.82, 2.24) is 14.8 Å². The van der Waals surface area contributed by atoms with Crippen LogP contribution >= 0.6 is 0 Å². The number of carbonyl (C=O) groups excluding carboxylic acids is 1. The Morgan fingerprint density at radius 1 is 1.16 bits per heavy atom. The van der Waals surface area contributed by atoms with Gasteiger partial charge in [0.25, 0.3) is 0 Å². The minimum Gasteiger partial charge on any atom is -0.456 e. The van der Waals surface area contributed by atoms with E-state index in [0.29, 0.717) is 27.6 Å². The van der Waals surface area contributed by atoms with Crippen LogP contribution in [0.2, 0.25) is 0 Å². The maximum absolute atomic E-state index is 13.0. The molecule has 1 saturated carbocycles. The van der Waals surface area contributed by atoms with E-state index in [2.05, 4.69) is 15.4 Å². The van der Waals surface area contributed by atoms with Gasteiger partial charge >= 0.3 is 0 Å². The highest BCUT2D eigenvalue weighted by Crippen LogP contribution is 2.37. The van der Waals surface area contributed by atoms with Crippen LogP contribution in [0, 0.1) is 11.7 Å². The summed E-state index contributed by atoms with van der Waals surface area (Å²) in [5, 5.41) is 7.89. The van der Waals surface area contributed by atoms with Crippen molar-refractivity contribution >= 4 is 32.2 Å². The van der Waals surface area contributed by atoms with Crippen LogP contribution in [-0.4, -0.2) is 30.1 Å². The molecule has 1 aliphatic rings. The second kappa shape index (κ2) is 9.30. The van der Waals surface area contributed by atoms with Gasteiger partial charge in [0.2, 0.25) is 5.91 Å². The number of nitrogens with zero attached hydrogens (tertiary/aromatic N) is 3. The van der Waals surface area contributed by atoms with Crippen molar-refractivity contribution in [2.24, 2.45) is 0 Å². The molecule has 1 atom stereocenters. The van der Waals surface area contributed by atoms with E-state index in [1.807, 2.05) is 56.8 Å². The lowest BCUT2D eigenvalue weighted by Crippen LogP contribution is -2.22. The number of hydrogen-bond donors (Lipinski definition) is 2. The molecule has 0 radical (unpaired) electrons. The fraction of sp³-hybridized carbons (Fsp3) is 0.321. The molecule has 192 valence electrons. The molecule has 1 fully saturated rings. The van der Waals surface area contributed by atoms with Crippen LogP contribution in [0.1, 0.15) is 44.7 Å². The third-order valence-electron chi connectivity index (χ3n) is 6.39. The van der Waals surface area contributed by atoms with Gasteiger partial charge in [-0.05, 0) is 82.0 Å². The predicted octanol–water partition coefficient (Wildman–Crippen LogP) is 6.04. The summed E-state index contributed by atoms with van der Waals surface area (Å²) in [6.45, 7) is 8.08. The van der Waals surface area contributed by atoms with Gasteiger partial charge in [-0.25, -0.2) is 8.99 Å². The molecule has 9 heteroatoms. The van der Waals surface area contributed by atoms with E-state index in [1.54, 1.807) is 36.7 Å². The number of nitrogens with one attached hydrogen (secondary N) is 2. The Kier molecular flexibility index (Phi) is 6.27. The first-order valence-electron chi connectivity index (χ1n) is 12.3. The van der Waals surface area contributed by atoms with E-state index in [9.17, 15) is 9.00 Å². The van der Waals surface area contributed by atoms with Crippen LogP contribution in [0.15, 0.2) is 66.0 Å². The Hall–Kier alpha value is -3.72. The molecule has 0 aliphatic heterocycles. The molecule has 2 aromatic carbocycles. The van der Waals surface area contributed by atoms with Crippen molar-refractivity contribution in [3.05, 3.63) is 72.2 Å². The van der Waals surface area contributed by atoms with Gasteiger partial charge in [0.1, 0.15) is 11.5 Å². The van der Waals surface area contributed by atoms with Crippen LogP contribution < -0.4 is 10.1 Å². The Labute approximate surface area is 217 Å². The lowest BCUT2D eigenvalue weighted by atomic mass is 10.1. The summed E-state index contributed by atoms with van der Waals surface area (Å²) >= 11 is 0. The molecule has 2 aromatic heterocycles. The quantitative estimate of drug-likeness (QED) is 0.311. The number of benzene rings is 2. The lowest BCUT2D eigenvalue weighted by Gasteiger charge is -2.18. The number of aromatic nitrogens is 3. The van der Waals surface area contributed by atoms with Gasteiger partial charge in [-0.1, -0.05) is 12.1 Å². The summed E-state index contributed by atoms with van der Waals surface area (Å²) < 4.78 is 29.4. The maximum atomic E-state index is 13.0. The summed E-state index contributed by atoms with van der Waals surface area (Å²) in [6.07, 6.45) is 7.05. The summed E-state index contributed by atoms with van der Waals surface area (Å²) in [5.41, 5.74) is 2.97. The molecule has 1 amide bonds. The van der Waals surface area contributed by atoms with Crippen LogP contribution in [0.25, 0.3) is 10.9 Å². The number of fused-ring (bicyclic) bond motifs is 1. The van der Waals surface area contributed by atoms with Crippen molar-refractivity contribution in [1.29, 1.82) is 4.78 Å². The monoisotopic (exact) mass is 517 g/mol. The Morgan fingerprint density at radius 2 is 1.95 bits per heavy atom. The molecule has 37 heavy (non-hydrogen) atoms. The lowest BCUT2D eigenvalue weighted by molar-refractivity contribution is -0.115. The van der Waals surface area contributed by atoms with Gasteiger partial charge in [-0.3, -0.25) is 14.5 Å². The smallest absolute Gasteiger partial charge is 0.228 e. The minimum absolute atomic E-state index is 0.0624. The van der Waals surface area contributed by atoms with E-state index in [4.69, 9.17) is 9.52 Å². The zero-order valence-corrected chi connectivity index (χ0v) is 22.3. The Morgan fingerprint density at radius 3 is 2.62 bits per heavy atom. The molecule has 1 unspecified atom stereocenters. The number of rotatable bonds is 7. The third kappa shape index (κ3) is 5.36. The van der Waals surface area contributed by atoms with Gasteiger partial charge in [-0.15, -0.1) is 0 Å². The first kappa shape index (κ1) is 25.0. The molecule has 0 bridgehead atoms. The molecule has 0 saturated heterocycles. The zero-order valence-electron chi connectivity index (χ0n) is 21.4. The zero-order chi connectivity index (χ0) is 26.4. The van der Waals surface area contributed by atoms with Crippen molar-refractivity contribution in [2.45, 2.75) is 62.6 Å². The highest BCUT2D eigenvalue weighted by molar-refractivity contribution is 7.93. The van der Waals surface area contributed by atoms with E-state index < -0.39 is 9.73 Å². The third-order valence-corrected chi connectivity index (χ3v) is 8.76. The first-order valence-corrected chi connectivity index (χ1v) is 13.9. The second-order valence-electron chi connectivity index (χ2n) is 10.6. The number of amides is 1. The standard InChI is InChI=1S/C28H31N5O3S/c1-18-13-19(14-27(34)32-20-16-31-33(17-20)28(2,3)4)5-10-25(18)36-26-11-12-30-24-9-8-22(15-23(24)26)37(29,35)21-6-7-21/h5,8-13,15-17,21,29H,6-7,14H2,1-4H3,(H,32,34). The number of anilines is 1. The Balaban J connectivity index is 1.32. The van der Waals surface area contributed by atoms with Gasteiger partial charge in [0.05, 0.1) is 39.1 Å². The van der Waals surface area contributed by atoms with Crippen molar-refractivity contribution in [3.8, 4) is 11.5 Å². The number of carbonyl (C=O) groups is 1. The van der Waals surface area contributed by atoms with Gasteiger partial charge in [-0.2, -0.15) is 5.10 Å². The van der Waals surface area contributed by atoms with Crippen molar-refractivity contribution in [3.63, 3.8) is 0 Å². The molecule has 0 spiro atoms. The normalized spacial score (nSPS) is 15.4. The van der Waals surface area contributed by atoms with Crippen LogP contribution in [0.5, 0.6) is 11.5 Å². The number of aryl methyl sites for hydroxylation is 1. The average molecular weight is 518 g/mol. The number of pyridine rings is 1. The highest BCUT2D eigenvalue weighted by Gasteiger charge is 2.34. The Bertz CT molecular complexity index is 1600. The van der Waals surface area contributed by atoms with Crippen LogP contribution in [-0.2, 0) is 26.5 Å². The van der Waals surface area contributed by atoms with Crippen LogP contribution in [0.3, 0.4) is 0 Å². The fourth-order valence-corrected chi connectivity index (χ4v) is 5.92. The predicted molar refractivity (Wildman–Crippen MR) is 145 cm³/mol. The number of hydrogen-bond acceptors (Lipinski definition) is 6. The van der Waals surface area contributed by atoms with E-state index in [-0.39, 0.29) is 23.1 Å².